The SMILES string of the molecule is COc1ccc(C2=CC(Cc3ccc([N+](=O)[O-])cc3)NS(=O)C2)cc1OCF. The maximum absolute atomic E-state index is 12.6. The van der Waals surface area contributed by atoms with Crippen LogP contribution in [0.2, 0.25) is 0 Å². The molecule has 0 amide bonds. The molecule has 0 saturated carbocycles. The van der Waals surface area contributed by atoms with E-state index in [0.29, 0.717) is 17.9 Å². The van der Waals surface area contributed by atoms with Crippen LogP contribution in [0.4, 0.5) is 10.1 Å². The lowest BCUT2D eigenvalue weighted by Crippen LogP contribution is -2.36. The first-order valence-electron chi connectivity index (χ1n) is 8.46. The number of methoxy groups -OCH3 is 1. The number of benzene rings is 2. The van der Waals surface area contributed by atoms with Crippen LogP contribution in [-0.4, -0.2) is 34.9 Å². The second-order valence-electron chi connectivity index (χ2n) is 6.15. The van der Waals surface area contributed by atoms with Crippen LogP contribution < -0.4 is 14.2 Å². The molecule has 148 valence electrons. The highest BCUT2D eigenvalue weighted by Crippen LogP contribution is 2.32. The maximum atomic E-state index is 12.6. The van der Waals surface area contributed by atoms with E-state index in [2.05, 4.69) is 4.72 Å². The van der Waals surface area contributed by atoms with E-state index >= 15 is 0 Å². The second kappa shape index (κ2) is 8.94. The minimum absolute atomic E-state index is 0.0267. The lowest BCUT2D eigenvalue weighted by Gasteiger charge is -2.23. The minimum Gasteiger partial charge on any atom is -0.493 e. The Balaban J connectivity index is 1.83. The van der Waals surface area contributed by atoms with Crippen LogP contribution in [-0.2, 0) is 17.4 Å². The van der Waals surface area contributed by atoms with Gasteiger partial charge in [-0.25, -0.2) is 13.3 Å². The summed E-state index contributed by atoms with van der Waals surface area (Å²) in [6, 6.07) is 11.2. The molecule has 7 nitrogen and oxygen atoms in total. The number of ether oxygens (including phenoxy) is 2. The van der Waals surface area contributed by atoms with Crippen LogP contribution in [0.5, 0.6) is 11.5 Å². The number of nitrogens with one attached hydrogen (secondary N) is 1. The first-order valence-corrected chi connectivity index (χ1v) is 9.78. The molecular formula is C19H19FN2O5S. The zero-order chi connectivity index (χ0) is 20.1. The van der Waals surface area contributed by atoms with Crippen molar-refractivity contribution in [2.45, 2.75) is 12.5 Å². The molecule has 0 saturated heterocycles. The van der Waals surface area contributed by atoms with Gasteiger partial charge in [-0.2, -0.15) is 0 Å². The molecule has 0 bridgehead atoms. The highest BCUT2D eigenvalue weighted by Gasteiger charge is 2.21. The summed E-state index contributed by atoms with van der Waals surface area (Å²) in [5, 5.41) is 10.8. The van der Waals surface area contributed by atoms with E-state index in [1.54, 1.807) is 30.3 Å². The van der Waals surface area contributed by atoms with Crippen LogP contribution in [0, 0.1) is 10.1 Å². The normalized spacial score (nSPS) is 19.0. The van der Waals surface area contributed by atoms with E-state index in [1.807, 2.05) is 6.08 Å². The van der Waals surface area contributed by atoms with Crippen molar-refractivity contribution >= 4 is 22.2 Å². The van der Waals surface area contributed by atoms with Gasteiger partial charge in [-0.1, -0.05) is 24.3 Å². The molecule has 2 atom stereocenters. The summed E-state index contributed by atoms with van der Waals surface area (Å²) in [7, 11) is 0.195. The van der Waals surface area contributed by atoms with E-state index < -0.39 is 22.8 Å². The first kappa shape index (κ1) is 20.0. The Hall–Kier alpha value is -2.78. The van der Waals surface area contributed by atoms with Crippen LogP contribution in [0.25, 0.3) is 5.57 Å². The summed E-state index contributed by atoms with van der Waals surface area (Å²) in [5.74, 6) is 0.997. The molecule has 1 heterocycles. The van der Waals surface area contributed by atoms with E-state index in [-0.39, 0.29) is 17.5 Å². The molecule has 2 aromatic rings. The maximum Gasteiger partial charge on any atom is 0.269 e. The van der Waals surface area contributed by atoms with Crippen molar-refractivity contribution < 1.29 is 23.0 Å². The molecule has 9 heteroatoms. The minimum atomic E-state index is -1.28. The Labute approximate surface area is 163 Å². The zero-order valence-electron chi connectivity index (χ0n) is 15.1. The largest absolute Gasteiger partial charge is 0.493 e. The summed E-state index contributed by atoms with van der Waals surface area (Å²) < 4.78 is 38.0. The highest BCUT2D eigenvalue weighted by molar-refractivity contribution is 7.83. The predicted octanol–water partition coefficient (Wildman–Crippen LogP) is 3.17. The van der Waals surface area contributed by atoms with E-state index in [1.165, 1.54) is 19.2 Å². The van der Waals surface area contributed by atoms with Gasteiger partial charge in [0.05, 0.1) is 28.8 Å². The van der Waals surface area contributed by atoms with Crippen molar-refractivity contribution in [3.05, 3.63) is 69.8 Å². The van der Waals surface area contributed by atoms with Crippen LogP contribution in [0.3, 0.4) is 0 Å². The van der Waals surface area contributed by atoms with Gasteiger partial charge in [0.1, 0.15) is 0 Å². The molecule has 0 aromatic heterocycles. The molecule has 28 heavy (non-hydrogen) atoms. The Morgan fingerprint density at radius 2 is 2.00 bits per heavy atom. The Kier molecular flexibility index (Phi) is 6.37. The average molecular weight is 406 g/mol. The molecule has 0 fully saturated rings. The third-order valence-electron chi connectivity index (χ3n) is 4.32. The summed E-state index contributed by atoms with van der Waals surface area (Å²) in [6.07, 6.45) is 2.49. The third-order valence-corrected chi connectivity index (χ3v) is 5.46. The molecule has 0 radical (unpaired) electrons. The molecule has 1 aliphatic heterocycles. The molecule has 1 N–H and O–H groups in total. The van der Waals surface area contributed by atoms with Gasteiger partial charge in [-0.05, 0) is 35.3 Å². The molecule has 2 aromatic carbocycles. The van der Waals surface area contributed by atoms with Gasteiger partial charge in [0.25, 0.3) is 5.69 Å². The van der Waals surface area contributed by atoms with E-state index in [0.717, 1.165) is 16.7 Å². The number of nitrogens with zero attached hydrogens (tertiary/aromatic N) is 1. The lowest BCUT2D eigenvalue weighted by molar-refractivity contribution is -0.384. The van der Waals surface area contributed by atoms with Crippen LogP contribution in [0.15, 0.2) is 48.5 Å². The molecule has 0 spiro atoms. The number of rotatable bonds is 7. The summed E-state index contributed by atoms with van der Waals surface area (Å²) in [5.41, 5.74) is 2.52. The van der Waals surface area contributed by atoms with Gasteiger partial charge in [0, 0.05) is 18.2 Å². The molecule has 1 aliphatic rings. The van der Waals surface area contributed by atoms with Gasteiger partial charge in [-0.15, -0.1) is 0 Å². The fraction of sp³-hybridized carbons (Fsp3) is 0.263. The van der Waals surface area contributed by atoms with Crippen LogP contribution >= 0.6 is 0 Å². The lowest BCUT2D eigenvalue weighted by atomic mass is 10.00. The number of nitro benzene ring substituents is 1. The fourth-order valence-electron chi connectivity index (χ4n) is 3.01. The first-order chi connectivity index (χ1) is 13.5. The third kappa shape index (κ3) is 4.73. The van der Waals surface area contributed by atoms with Crippen LogP contribution in [0.1, 0.15) is 11.1 Å². The van der Waals surface area contributed by atoms with Crippen molar-refractivity contribution in [2.75, 3.05) is 19.7 Å². The standard InChI is InChI=1S/C19H19FN2O5S/c1-26-18-7-4-14(10-19(18)27-12-20)15-9-16(21-28(25)11-15)8-13-2-5-17(6-3-13)22(23)24/h2-7,9-10,16,21H,8,11-12H2,1H3. The number of hydrogen-bond donors (Lipinski definition) is 1. The summed E-state index contributed by atoms with van der Waals surface area (Å²) >= 11 is 0. The number of halogens is 1. The number of hydrogen-bond acceptors (Lipinski definition) is 5. The number of nitro groups is 1. The molecular weight excluding hydrogens is 387 g/mol. The van der Waals surface area contributed by atoms with Crippen molar-refractivity contribution in [1.29, 1.82) is 0 Å². The topological polar surface area (TPSA) is 90.7 Å². The second-order valence-corrected chi connectivity index (χ2v) is 7.37. The molecule has 0 aliphatic carbocycles. The quantitative estimate of drug-likeness (QED) is 0.563. The van der Waals surface area contributed by atoms with Crippen molar-refractivity contribution in [3.8, 4) is 11.5 Å². The van der Waals surface area contributed by atoms with E-state index in [4.69, 9.17) is 9.47 Å². The zero-order valence-corrected chi connectivity index (χ0v) is 15.9. The number of alkyl halides is 1. The van der Waals surface area contributed by atoms with Gasteiger partial charge in [-0.3, -0.25) is 10.1 Å². The Morgan fingerprint density at radius 3 is 2.64 bits per heavy atom. The average Bonchev–Trinajstić information content (AvgIpc) is 2.68. The highest BCUT2D eigenvalue weighted by atomic mass is 32.2. The van der Waals surface area contributed by atoms with Crippen molar-refractivity contribution in [2.24, 2.45) is 0 Å². The Bertz CT molecular complexity index is 917. The van der Waals surface area contributed by atoms with Gasteiger partial charge >= 0.3 is 0 Å². The summed E-state index contributed by atoms with van der Waals surface area (Å²) in [4.78, 5) is 10.3. The van der Waals surface area contributed by atoms with Gasteiger partial charge in [0.2, 0.25) is 6.86 Å². The van der Waals surface area contributed by atoms with Crippen molar-refractivity contribution in [3.63, 3.8) is 0 Å². The fourth-order valence-corrected chi connectivity index (χ4v) is 4.13. The van der Waals surface area contributed by atoms with Gasteiger partial charge < -0.3 is 9.47 Å². The summed E-state index contributed by atoms with van der Waals surface area (Å²) in [6.45, 7) is -0.977. The Morgan fingerprint density at radius 1 is 1.25 bits per heavy atom. The van der Waals surface area contributed by atoms with E-state index in [9.17, 15) is 18.7 Å². The van der Waals surface area contributed by atoms with Crippen molar-refractivity contribution in [1.82, 2.24) is 4.72 Å². The monoisotopic (exact) mass is 406 g/mol. The number of non-ortho nitro benzene ring substituents is 1. The van der Waals surface area contributed by atoms with Gasteiger partial charge in [0.15, 0.2) is 11.5 Å². The molecule has 2 unspecified atom stereocenters. The molecule has 3 rings (SSSR count). The predicted molar refractivity (Wildman–Crippen MR) is 104 cm³/mol. The smallest absolute Gasteiger partial charge is 0.269 e.